The molecule has 0 aliphatic carbocycles. The molecule has 0 radical (unpaired) electrons. The second-order valence-corrected chi connectivity index (χ2v) is 6.41. The molecule has 0 fully saturated rings. The van der Waals surface area contributed by atoms with Gasteiger partial charge in [-0.3, -0.25) is 9.97 Å². The monoisotopic (exact) mass is 404 g/mol. The number of nitrogens with one attached hydrogen (secondary N) is 2. The standard InChI is InChI=1S/C18H28N6O.2C2H6/c1-11-7-19-15(5)17(23-11)21-9-13(3)25-14(4)10-22-18-16(6)20-8-12(2)24-18;2*1-2/h7-8,13-14H,9-10H2,1-6H3,(H,21,23)(H,22,24);2*1-2H3. The predicted molar refractivity (Wildman–Crippen MR) is 123 cm³/mol. The lowest BCUT2D eigenvalue weighted by molar-refractivity contribution is 0.0232. The lowest BCUT2D eigenvalue weighted by Crippen LogP contribution is -2.29. The van der Waals surface area contributed by atoms with E-state index in [1.54, 1.807) is 12.4 Å². The topological polar surface area (TPSA) is 84.9 Å². The third-order valence-electron chi connectivity index (χ3n) is 3.73. The van der Waals surface area contributed by atoms with Gasteiger partial charge in [-0.05, 0) is 41.5 Å². The maximum atomic E-state index is 6.01. The van der Waals surface area contributed by atoms with Crippen LogP contribution >= 0.6 is 0 Å². The van der Waals surface area contributed by atoms with E-state index in [4.69, 9.17) is 4.74 Å². The van der Waals surface area contributed by atoms with Gasteiger partial charge in [0.1, 0.15) is 11.6 Å². The fourth-order valence-electron chi connectivity index (χ4n) is 2.38. The van der Waals surface area contributed by atoms with Crippen molar-refractivity contribution in [2.24, 2.45) is 0 Å². The molecule has 7 heteroatoms. The van der Waals surface area contributed by atoms with Crippen LogP contribution in [0, 0.1) is 27.7 Å². The van der Waals surface area contributed by atoms with Gasteiger partial charge < -0.3 is 15.4 Å². The van der Waals surface area contributed by atoms with E-state index in [0.29, 0.717) is 13.1 Å². The van der Waals surface area contributed by atoms with Gasteiger partial charge in [0.05, 0.1) is 35.0 Å². The second kappa shape index (κ2) is 14.7. The lowest BCUT2D eigenvalue weighted by atomic mass is 10.3. The third-order valence-corrected chi connectivity index (χ3v) is 3.73. The van der Waals surface area contributed by atoms with Crippen molar-refractivity contribution in [1.82, 2.24) is 19.9 Å². The van der Waals surface area contributed by atoms with Crippen molar-refractivity contribution in [2.75, 3.05) is 23.7 Å². The van der Waals surface area contributed by atoms with Crippen molar-refractivity contribution < 1.29 is 4.74 Å². The number of anilines is 2. The Bertz CT molecular complexity index is 648. The minimum absolute atomic E-state index is 0.0446. The van der Waals surface area contributed by atoms with Crippen LogP contribution in [0.2, 0.25) is 0 Å². The molecule has 2 aromatic rings. The first-order valence-corrected chi connectivity index (χ1v) is 10.6. The summed E-state index contributed by atoms with van der Waals surface area (Å²) in [4.78, 5) is 17.5. The minimum atomic E-state index is 0.0446. The van der Waals surface area contributed by atoms with Gasteiger partial charge in [-0.25, -0.2) is 9.97 Å². The van der Waals surface area contributed by atoms with Gasteiger partial charge in [-0.1, -0.05) is 27.7 Å². The van der Waals surface area contributed by atoms with Crippen LogP contribution in [0.4, 0.5) is 11.6 Å². The molecule has 2 unspecified atom stereocenters. The van der Waals surface area contributed by atoms with Crippen LogP contribution in [0.5, 0.6) is 0 Å². The highest BCUT2D eigenvalue weighted by Crippen LogP contribution is 2.11. The van der Waals surface area contributed by atoms with Gasteiger partial charge in [0.25, 0.3) is 0 Å². The Balaban J connectivity index is 0.00000184. The highest BCUT2D eigenvalue weighted by atomic mass is 16.5. The summed E-state index contributed by atoms with van der Waals surface area (Å²) < 4.78 is 6.01. The van der Waals surface area contributed by atoms with E-state index in [-0.39, 0.29) is 12.2 Å². The maximum absolute atomic E-state index is 6.01. The van der Waals surface area contributed by atoms with Crippen LogP contribution in [0.15, 0.2) is 12.4 Å². The number of hydrogen-bond donors (Lipinski definition) is 2. The molecule has 2 atom stereocenters. The van der Waals surface area contributed by atoms with E-state index in [1.807, 2.05) is 69.2 Å². The molecule has 2 N–H and O–H groups in total. The Labute approximate surface area is 177 Å². The molecule has 0 saturated carbocycles. The maximum Gasteiger partial charge on any atom is 0.147 e. The summed E-state index contributed by atoms with van der Waals surface area (Å²) in [6.07, 6.45) is 3.63. The summed E-state index contributed by atoms with van der Waals surface area (Å²) in [5, 5.41) is 6.62. The van der Waals surface area contributed by atoms with Crippen molar-refractivity contribution in [3.63, 3.8) is 0 Å². The smallest absolute Gasteiger partial charge is 0.147 e. The zero-order valence-electron chi connectivity index (χ0n) is 19.9. The normalized spacial score (nSPS) is 11.9. The minimum Gasteiger partial charge on any atom is -0.372 e. The number of rotatable bonds is 8. The Morgan fingerprint density at radius 1 is 0.724 bits per heavy atom. The summed E-state index contributed by atoms with van der Waals surface area (Å²) in [5.41, 5.74) is 3.57. The Hall–Kier alpha value is -2.28. The van der Waals surface area contributed by atoms with E-state index in [2.05, 4.69) is 30.6 Å². The zero-order valence-corrected chi connectivity index (χ0v) is 19.9. The summed E-state index contributed by atoms with van der Waals surface area (Å²) >= 11 is 0. The van der Waals surface area contributed by atoms with Crippen molar-refractivity contribution in [3.05, 3.63) is 35.2 Å². The van der Waals surface area contributed by atoms with E-state index in [1.165, 1.54) is 0 Å². The molecule has 2 rings (SSSR count). The number of hydrogen-bond acceptors (Lipinski definition) is 7. The fraction of sp³-hybridized carbons (Fsp3) is 0.636. The van der Waals surface area contributed by atoms with E-state index in [9.17, 15) is 0 Å². The largest absolute Gasteiger partial charge is 0.372 e. The summed E-state index contributed by atoms with van der Waals surface area (Å²) in [5.74, 6) is 1.62. The number of aryl methyl sites for hydroxylation is 4. The highest BCUT2D eigenvalue weighted by Gasteiger charge is 2.11. The van der Waals surface area contributed by atoms with Gasteiger partial charge in [0.2, 0.25) is 0 Å². The van der Waals surface area contributed by atoms with Gasteiger partial charge in [-0.2, -0.15) is 0 Å². The van der Waals surface area contributed by atoms with E-state index in [0.717, 1.165) is 34.4 Å². The third kappa shape index (κ3) is 10.2. The first kappa shape index (κ1) is 26.7. The molecule has 0 spiro atoms. The summed E-state index contributed by atoms with van der Waals surface area (Å²) in [6, 6.07) is 0. The van der Waals surface area contributed by atoms with Gasteiger partial charge in [0.15, 0.2) is 0 Å². The number of aromatic nitrogens is 4. The molecular weight excluding hydrogens is 364 g/mol. The van der Waals surface area contributed by atoms with Crippen molar-refractivity contribution in [2.45, 2.75) is 81.4 Å². The average molecular weight is 405 g/mol. The molecule has 164 valence electrons. The molecular formula is C22H40N6O. The molecule has 0 aliphatic heterocycles. The zero-order chi connectivity index (χ0) is 22.4. The summed E-state index contributed by atoms with van der Waals surface area (Å²) in [7, 11) is 0. The van der Waals surface area contributed by atoms with E-state index < -0.39 is 0 Å². The van der Waals surface area contributed by atoms with Crippen LogP contribution < -0.4 is 10.6 Å². The predicted octanol–water partition coefficient (Wildman–Crippen LogP) is 4.87. The van der Waals surface area contributed by atoms with Crippen LogP contribution in [0.3, 0.4) is 0 Å². The Kier molecular flexibility index (Phi) is 13.5. The first-order valence-electron chi connectivity index (χ1n) is 10.6. The van der Waals surface area contributed by atoms with Crippen LogP contribution in [0.1, 0.15) is 64.3 Å². The molecule has 0 aliphatic rings. The molecule has 29 heavy (non-hydrogen) atoms. The number of ether oxygens (including phenoxy) is 1. The van der Waals surface area contributed by atoms with Crippen molar-refractivity contribution >= 4 is 11.6 Å². The summed E-state index contributed by atoms with van der Waals surface area (Å²) in [6.45, 7) is 21.2. The van der Waals surface area contributed by atoms with E-state index >= 15 is 0 Å². The lowest BCUT2D eigenvalue weighted by Gasteiger charge is -2.21. The first-order chi connectivity index (χ1) is 13.8. The second-order valence-electron chi connectivity index (χ2n) is 6.41. The molecule has 0 amide bonds. The van der Waals surface area contributed by atoms with Crippen LogP contribution in [0.25, 0.3) is 0 Å². The SMILES string of the molecule is CC.CC.Cc1cnc(C)c(NCC(C)OC(C)CNc2nc(C)cnc2C)n1. The quantitative estimate of drug-likeness (QED) is 0.649. The Morgan fingerprint density at radius 3 is 1.41 bits per heavy atom. The van der Waals surface area contributed by atoms with Crippen molar-refractivity contribution in [1.29, 1.82) is 0 Å². The molecule has 0 aromatic carbocycles. The molecule has 0 bridgehead atoms. The molecule has 2 aromatic heterocycles. The van der Waals surface area contributed by atoms with Gasteiger partial charge in [0, 0.05) is 25.5 Å². The van der Waals surface area contributed by atoms with Crippen LogP contribution in [-0.2, 0) is 4.74 Å². The molecule has 7 nitrogen and oxygen atoms in total. The van der Waals surface area contributed by atoms with Crippen LogP contribution in [-0.4, -0.2) is 45.2 Å². The molecule has 0 saturated heterocycles. The fourth-order valence-corrected chi connectivity index (χ4v) is 2.38. The highest BCUT2D eigenvalue weighted by molar-refractivity contribution is 5.40. The molecule has 2 heterocycles. The van der Waals surface area contributed by atoms with Gasteiger partial charge >= 0.3 is 0 Å². The average Bonchev–Trinajstić information content (AvgIpc) is 2.72. The van der Waals surface area contributed by atoms with Crippen molar-refractivity contribution in [3.8, 4) is 0 Å². The van der Waals surface area contributed by atoms with Gasteiger partial charge in [-0.15, -0.1) is 0 Å². The Morgan fingerprint density at radius 2 is 1.07 bits per heavy atom. The number of nitrogens with zero attached hydrogens (tertiary/aromatic N) is 4.